The Morgan fingerprint density at radius 1 is 1.44 bits per heavy atom. The van der Waals surface area contributed by atoms with Gasteiger partial charge in [0.2, 0.25) is 0 Å². The molecule has 0 radical (unpaired) electrons. The van der Waals surface area contributed by atoms with Crippen LogP contribution in [0.25, 0.3) is 0 Å². The number of carbonyl (C=O) groups excluding carboxylic acids is 1. The van der Waals surface area contributed by atoms with E-state index in [1.807, 2.05) is 0 Å². The minimum atomic E-state index is -0.488. The largest absolute Gasteiger partial charge is 0.394 e. The van der Waals surface area contributed by atoms with Crippen LogP contribution < -0.4 is 5.32 Å². The summed E-state index contributed by atoms with van der Waals surface area (Å²) in [5.74, 6) is -0.578. The third-order valence-corrected chi connectivity index (χ3v) is 3.68. The predicted octanol–water partition coefficient (Wildman–Crippen LogP) is 2.17. The highest BCUT2D eigenvalue weighted by molar-refractivity contribution is 5.96. The average Bonchev–Trinajstić information content (AvgIpc) is 2.78. The van der Waals surface area contributed by atoms with Crippen molar-refractivity contribution in [1.82, 2.24) is 5.32 Å². The number of aliphatic hydroxyl groups excluding tert-OH is 1. The van der Waals surface area contributed by atoms with E-state index in [0.717, 1.165) is 25.7 Å². The maximum absolute atomic E-state index is 13.0. The number of hydrogen-bond donors (Lipinski definition) is 2. The first kappa shape index (κ1) is 13.0. The minimum Gasteiger partial charge on any atom is -0.394 e. The fraction of sp³-hybridized carbons (Fsp3) is 0.500. The summed E-state index contributed by atoms with van der Waals surface area (Å²) in [5, 5.41) is 12.4. The van der Waals surface area contributed by atoms with Crippen LogP contribution in [0.5, 0.6) is 0 Å². The lowest BCUT2D eigenvalue weighted by molar-refractivity contribution is 0.0838. The van der Waals surface area contributed by atoms with Gasteiger partial charge in [-0.15, -0.1) is 0 Å². The smallest absolute Gasteiger partial charge is 0.252 e. The van der Waals surface area contributed by atoms with Gasteiger partial charge in [0, 0.05) is 5.56 Å². The zero-order valence-electron chi connectivity index (χ0n) is 10.5. The second-order valence-corrected chi connectivity index (χ2v) is 5.06. The van der Waals surface area contributed by atoms with E-state index in [1.54, 1.807) is 6.92 Å². The molecular formula is C14H18FNO2. The van der Waals surface area contributed by atoms with Gasteiger partial charge >= 0.3 is 0 Å². The van der Waals surface area contributed by atoms with Crippen molar-refractivity contribution in [2.24, 2.45) is 0 Å². The van der Waals surface area contributed by atoms with Crippen molar-refractivity contribution in [3.8, 4) is 0 Å². The molecule has 0 spiro atoms. The lowest BCUT2D eigenvalue weighted by Crippen LogP contribution is -2.49. The van der Waals surface area contributed by atoms with Crippen molar-refractivity contribution in [3.05, 3.63) is 35.1 Å². The number of carbonyl (C=O) groups is 1. The van der Waals surface area contributed by atoms with Crippen LogP contribution in [0, 0.1) is 12.7 Å². The number of rotatable bonds is 3. The molecule has 0 bridgehead atoms. The Bertz CT molecular complexity index is 453. The fourth-order valence-electron chi connectivity index (χ4n) is 2.56. The van der Waals surface area contributed by atoms with Crippen LogP contribution in [0.4, 0.5) is 4.39 Å². The van der Waals surface area contributed by atoms with E-state index in [-0.39, 0.29) is 18.3 Å². The summed E-state index contributed by atoms with van der Waals surface area (Å²) < 4.78 is 13.0. The summed E-state index contributed by atoms with van der Waals surface area (Å²) in [6.45, 7) is 1.66. The standard InChI is InChI=1S/C14H18FNO2/c1-10-8-11(15)4-5-12(10)13(18)16-14(9-17)6-2-3-7-14/h4-5,8,17H,2-3,6-7,9H2,1H3,(H,16,18). The number of aliphatic hydroxyl groups is 1. The molecule has 0 atom stereocenters. The first-order valence-corrected chi connectivity index (χ1v) is 6.26. The van der Waals surface area contributed by atoms with E-state index in [9.17, 15) is 14.3 Å². The predicted molar refractivity (Wildman–Crippen MR) is 66.9 cm³/mol. The first-order valence-electron chi connectivity index (χ1n) is 6.26. The number of halogens is 1. The summed E-state index contributed by atoms with van der Waals surface area (Å²) in [6, 6.07) is 4.11. The van der Waals surface area contributed by atoms with E-state index in [2.05, 4.69) is 5.32 Å². The normalized spacial score (nSPS) is 17.7. The molecule has 0 saturated heterocycles. The van der Waals surface area contributed by atoms with Gasteiger partial charge in [0.25, 0.3) is 5.91 Å². The van der Waals surface area contributed by atoms with Gasteiger partial charge in [-0.05, 0) is 43.5 Å². The van der Waals surface area contributed by atoms with E-state index < -0.39 is 5.54 Å². The third-order valence-electron chi connectivity index (χ3n) is 3.68. The molecule has 3 nitrogen and oxygen atoms in total. The Balaban J connectivity index is 2.16. The van der Waals surface area contributed by atoms with Crippen molar-refractivity contribution in [2.45, 2.75) is 38.1 Å². The Hall–Kier alpha value is -1.42. The molecular weight excluding hydrogens is 233 g/mol. The monoisotopic (exact) mass is 251 g/mol. The highest BCUT2D eigenvalue weighted by Gasteiger charge is 2.35. The summed E-state index contributed by atoms with van der Waals surface area (Å²) in [5.41, 5.74) is 0.590. The second kappa shape index (κ2) is 5.06. The lowest BCUT2D eigenvalue weighted by Gasteiger charge is -2.28. The molecule has 4 heteroatoms. The van der Waals surface area contributed by atoms with Crippen LogP contribution in [-0.4, -0.2) is 23.2 Å². The molecule has 1 amide bonds. The van der Waals surface area contributed by atoms with Crippen LogP contribution in [0.2, 0.25) is 0 Å². The van der Waals surface area contributed by atoms with Crippen LogP contribution in [0.3, 0.4) is 0 Å². The van der Waals surface area contributed by atoms with Gasteiger partial charge in [0.05, 0.1) is 12.1 Å². The number of aryl methyl sites for hydroxylation is 1. The Morgan fingerprint density at radius 3 is 2.67 bits per heavy atom. The van der Waals surface area contributed by atoms with Crippen molar-refractivity contribution >= 4 is 5.91 Å². The maximum atomic E-state index is 13.0. The van der Waals surface area contributed by atoms with Gasteiger partial charge in [-0.2, -0.15) is 0 Å². The fourth-order valence-corrected chi connectivity index (χ4v) is 2.56. The van der Waals surface area contributed by atoms with Gasteiger partial charge in [-0.1, -0.05) is 12.8 Å². The van der Waals surface area contributed by atoms with Gasteiger partial charge in [0.1, 0.15) is 5.82 Å². The number of hydrogen-bond acceptors (Lipinski definition) is 2. The van der Waals surface area contributed by atoms with Gasteiger partial charge in [0.15, 0.2) is 0 Å². The summed E-state index contributed by atoms with van der Waals surface area (Å²) in [4.78, 5) is 12.2. The molecule has 98 valence electrons. The van der Waals surface area contributed by atoms with E-state index >= 15 is 0 Å². The van der Waals surface area contributed by atoms with Crippen LogP contribution in [-0.2, 0) is 0 Å². The molecule has 1 aliphatic carbocycles. The average molecular weight is 251 g/mol. The van der Waals surface area contributed by atoms with Gasteiger partial charge < -0.3 is 10.4 Å². The zero-order valence-corrected chi connectivity index (χ0v) is 10.5. The summed E-state index contributed by atoms with van der Waals surface area (Å²) >= 11 is 0. The van der Waals surface area contributed by atoms with Crippen molar-refractivity contribution in [3.63, 3.8) is 0 Å². The summed E-state index contributed by atoms with van der Waals surface area (Å²) in [6.07, 6.45) is 3.64. The third kappa shape index (κ3) is 2.53. The number of amides is 1. The maximum Gasteiger partial charge on any atom is 0.252 e. The zero-order chi connectivity index (χ0) is 13.2. The molecule has 18 heavy (non-hydrogen) atoms. The topological polar surface area (TPSA) is 49.3 Å². The van der Waals surface area contributed by atoms with E-state index in [0.29, 0.717) is 11.1 Å². The molecule has 2 rings (SSSR count). The SMILES string of the molecule is Cc1cc(F)ccc1C(=O)NC1(CO)CCCC1. The molecule has 1 aliphatic rings. The Labute approximate surface area is 106 Å². The van der Waals surface area contributed by atoms with Gasteiger partial charge in [-0.25, -0.2) is 4.39 Å². The van der Waals surface area contributed by atoms with Crippen molar-refractivity contribution in [1.29, 1.82) is 0 Å². The molecule has 0 aliphatic heterocycles. The second-order valence-electron chi connectivity index (χ2n) is 5.06. The highest BCUT2D eigenvalue weighted by Crippen LogP contribution is 2.29. The highest BCUT2D eigenvalue weighted by atomic mass is 19.1. The molecule has 1 saturated carbocycles. The molecule has 1 fully saturated rings. The van der Waals surface area contributed by atoms with Crippen molar-refractivity contribution in [2.75, 3.05) is 6.61 Å². The number of benzene rings is 1. The number of nitrogens with one attached hydrogen (secondary N) is 1. The Morgan fingerprint density at radius 2 is 2.11 bits per heavy atom. The molecule has 0 unspecified atom stereocenters. The Kier molecular flexibility index (Phi) is 3.66. The molecule has 0 aromatic heterocycles. The first-order chi connectivity index (χ1) is 8.56. The van der Waals surface area contributed by atoms with E-state index in [4.69, 9.17) is 0 Å². The molecule has 1 aromatic carbocycles. The van der Waals surface area contributed by atoms with Crippen molar-refractivity contribution < 1.29 is 14.3 Å². The molecule has 2 N–H and O–H groups in total. The molecule has 1 aromatic rings. The van der Waals surface area contributed by atoms with Crippen LogP contribution in [0.1, 0.15) is 41.6 Å². The van der Waals surface area contributed by atoms with Gasteiger partial charge in [-0.3, -0.25) is 4.79 Å². The lowest BCUT2D eigenvalue weighted by atomic mass is 9.97. The summed E-state index contributed by atoms with van der Waals surface area (Å²) in [7, 11) is 0. The molecule has 0 heterocycles. The quantitative estimate of drug-likeness (QED) is 0.865. The van der Waals surface area contributed by atoms with E-state index in [1.165, 1.54) is 18.2 Å². The van der Waals surface area contributed by atoms with Crippen LogP contribution >= 0.6 is 0 Å². The van der Waals surface area contributed by atoms with Crippen LogP contribution in [0.15, 0.2) is 18.2 Å². The minimum absolute atomic E-state index is 0.0427.